The lowest BCUT2D eigenvalue weighted by Crippen LogP contribution is -2.35. The summed E-state index contributed by atoms with van der Waals surface area (Å²) in [5.41, 5.74) is 1.05. The van der Waals surface area contributed by atoms with E-state index < -0.39 is 10.0 Å². The monoisotopic (exact) mass is 406 g/mol. The van der Waals surface area contributed by atoms with Gasteiger partial charge in [-0.05, 0) is 68.3 Å². The highest BCUT2D eigenvalue weighted by Gasteiger charge is 2.16. The summed E-state index contributed by atoms with van der Waals surface area (Å²) in [6, 6.07) is 11.2. The molecule has 0 heterocycles. The maximum Gasteiger partial charge on any atom is 0.261 e. The predicted octanol–water partition coefficient (Wildman–Crippen LogP) is 3.10. The Morgan fingerprint density at radius 1 is 1.14 bits per heavy atom. The molecule has 1 amide bonds. The number of nitrogens with one attached hydrogen (secondary N) is 2. The van der Waals surface area contributed by atoms with Gasteiger partial charge in [-0.15, -0.1) is 0 Å². The van der Waals surface area contributed by atoms with Crippen molar-refractivity contribution in [1.82, 2.24) is 5.32 Å². The Morgan fingerprint density at radius 2 is 1.82 bits per heavy atom. The fraction of sp³-hybridized carbons (Fsp3) is 0.350. The van der Waals surface area contributed by atoms with Gasteiger partial charge in [0.15, 0.2) is 6.61 Å². The van der Waals surface area contributed by atoms with E-state index in [1.807, 2.05) is 13.8 Å². The summed E-state index contributed by atoms with van der Waals surface area (Å²) in [5.74, 6) is 0.881. The third kappa shape index (κ3) is 5.88. The normalized spacial score (nSPS) is 12.1. The minimum atomic E-state index is -3.75. The molecule has 0 aliphatic heterocycles. The van der Waals surface area contributed by atoms with Crippen LogP contribution in [0.4, 0.5) is 5.69 Å². The van der Waals surface area contributed by atoms with Crippen LogP contribution in [0, 0.1) is 6.92 Å². The van der Waals surface area contributed by atoms with E-state index in [4.69, 9.17) is 9.47 Å². The average Bonchev–Trinajstić information content (AvgIpc) is 2.67. The van der Waals surface area contributed by atoms with Gasteiger partial charge in [-0.1, -0.05) is 6.92 Å². The fourth-order valence-electron chi connectivity index (χ4n) is 2.39. The molecule has 0 radical (unpaired) electrons. The minimum Gasteiger partial charge on any atom is -0.497 e. The van der Waals surface area contributed by atoms with Crippen molar-refractivity contribution in [1.29, 1.82) is 0 Å². The van der Waals surface area contributed by atoms with Crippen LogP contribution in [0.25, 0.3) is 0 Å². The molecule has 2 aromatic rings. The molecule has 2 rings (SSSR count). The zero-order chi connectivity index (χ0) is 20.7. The van der Waals surface area contributed by atoms with Crippen molar-refractivity contribution in [2.24, 2.45) is 0 Å². The van der Waals surface area contributed by atoms with Gasteiger partial charge in [0.05, 0.1) is 12.0 Å². The van der Waals surface area contributed by atoms with Crippen LogP contribution >= 0.6 is 0 Å². The van der Waals surface area contributed by atoms with Crippen LogP contribution in [0.3, 0.4) is 0 Å². The zero-order valence-corrected chi connectivity index (χ0v) is 17.3. The number of carbonyl (C=O) groups is 1. The van der Waals surface area contributed by atoms with Crippen molar-refractivity contribution >= 4 is 21.6 Å². The maximum atomic E-state index is 12.6. The Kier molecular flexibility index (Phi) is 7.28. The van der Waals surface area contributed by atoms with E-state index in [2.05, 4.69) is 10.0 Å². The van der Waals surface area contributed by atoms with E-state index in [9.17, 15) is 13.2 Å². The Bertz CT molecular complexity index is 911. The topological polar surface area (TPSA) is 93.7 Å². The van der Waals surface area contributed by atoms with Crippen molar-refractivity contribution in [3.63, 3.8) is 0 Å². The third-order valence-corrected chi connectivity index (χ3v) is 5.56. The molecule has 0 aliphatic rings. The largest absolute Gasteiger partial charge is 0.497 e. The van der Waals surface area contributed by atoms with Crippen LogP contribution in [-0.4, -0.2) is 34.1 Å². The summed E-state index contributed by atoms with van der Waals surface area (Å²) in [6.45, 7) is 5.50. The van der Waals surface area contributed by atoms with Gasteiger partial charge in [0.25, 0.3) is 15.9 Å². The summed E-state index contributed by atoms with van der Waals surface area (Å²) in [7, 11) is -2.21. The molecule has 7 nitrogen and oxygen atoms in total. The smallest absolute Gasteiger partial charge is 0.261 e. The summed E-state index contributed by atoms with van der Waals surface area (Å²) >= 11 is 0. The molecule has 8 heteroatoms. The van der Waals surface area contributed by atoms with Gasteiger partial charge in [0.2, 0.25) is 0 Å². The third-order valence-electron chi connectivity index (χ3n) is 4.18. The number of rotatable bonds is 9. The first-order valence-corrected chi connectivity index (χ1v) is 10.4. The van der Waals surface area contributed by atoms with Crippen LogP contribution < -0.4 is 19.5 Å². The second-order valence-electron chi connectivity index (χ2n) is 6.43. The average molecular weight is 407 g/mol. The van der Waals surface area contributed by atoms with E-state index in [0.29, 0.717) is 22.7 Å². The molecule has 0 saturated heterocycles. The number of carbonyl (C=O) groups excluding carboxylic acids is 1. The molecule has 28 heavy (non-hydrogen) atoms. The lowest BCUT2D eigenvalue weighted by atomic mass is 10.2. The van der Waals surface area contributed by atoms with E-state index in [1.54, 1.807) is 44.4 Å². The molecule has 152 valence electrons. The van der Waals surface area contributed by atoms with Crippen molar-refractivity contribution in [3.8, 4) is 11.5 Å². The fourth-order valence-corrected chi connectivity index (χ4v) is 3.53. The Balaban J connectivity index is 2.06. The predicted molar refractivity (Wildman–Crippen MR) is 108 cm³/mol. The van der Waals surface area contributed by atoms with Gasteiger partial charge in [-0.3, -0.25) is 9.52 Å². The summed E-state index contributed by atoms with van der Waals surface area (Å²) in [4.78, 5) is 11.9. The molecular weight excluding hydrogens is 380 g/mol. The number of hydrogen-bond acceptors (Lipinski definition) is 5. The SMILES string of the molecule is CC[C@@H](C)NC(=O)COc1ccc(S(=O)(=O)Nc2ccc(OC)cc2)cc1C. The molecule has 0 spiro atoms. The van der Waals surface area contributed by atoms with Crippen molar-refractivity contribution in [3.05, 3.63) is 48.0 Å². The van der Waals surface area contributed by atoms with Crippen molar-refractivity contribution in [2.45, 2.75) is 38.1 Å². The van der Waals surface area contributed by atoms with Gasteiger partial charge < -0.3 is 14.8 Å². The van der Waals surface area contributed by atoms with Crippen LogP contribution in [0.15, 0.2) is 47.4 Å². The molecule has 0 unspecified atom stereocenters. The van der Waals surface area contributed by atoms with E-state index >= 15 is 0 Å². The number of hydrogen-bond donors (Lipinski definition) is 2. The highest BCUT2D eigenvalue weighted by Crippen LogP contribution is 2.24. The summed E-state index contributed by atoms with van der Waals surface area (Å²) in [6.07, 6.45) is 0.832. The van der Waals surface area contributed by atoms with Gasteiger partial charge >= 0.3 is 0 Å². The van der Waals surface area contributed by atoms with Crippen LogP contribution in [-0.2, 0) is 14.8 Å². The minimum absolute atomic E-state index is 0.0775. The van der Waals surface area contributed by atoms with E-state index in [1.165, 1.54) is 12.1 Å². The Morgan fingerprint density at radius 3 is 2.39 bits per heavy atom. The number of benzene rings is 2. The quantitative estimate of drug-likeness (QED) is 0.667. The molecule has 1 atom stereocenters. The highest BCUT2D eigenvalue weighted by atomic mass is 32.2. The van der Waals surface area contributed by atoms with Gasteiger partial charge in [0.1, 0.15) is 11.5 Å². The molecule has 0 bridgehead atoms. The molecule has 0 aromatic heterocycles. The first kappa shape index (κ1) is 21.6. The first-order valence-electron chi connectivity index (χ1n) is 8.95. The lowest BCUT2D eigenvalue weighted by Gasteiger charge is -2.14. The van der Waals surface area contributed by atoms with Crippen molar-refractivity contribution < 1.29 is 22.7 Å². The van der Waals surface area contributed by atoms with Crippen LogP contribution in [0.5, 0.6) is 11.5 Å². The van der Waals surface area contributed by atoms with Gasteiger partial charge in [-0.2, -0.15) is 0 Å². The number of amides is 1. The first-order chi connectivity index (χ1) is 13.2. The number of ether oxygens (including phenoxy) is 2. The molecule has 2 aromatic carbocycles. The number of sulfonamides is 1. The van der Waals surface area contributed by atoms with Gasteiger partial charge in [-0.25, -0.2) is 8.42 Å². The van der Waals surface area contributed by atoms with E-state index in [0.717, 1.165) is 6.42 Å². The second kappa shape index (κ2) is 9.45. The maximum absolute atomic E-state index is 12.6. The van der Waals surface area contributed by atoms with Crippen molar-refractivity contribution in [2.75, 3.05) is 18.4 Å². The van der Waals surface area contributed by atoms with Crippen LogP contribution in [0.2, 0.25) is 0 Å². The molecular formula is C20H26N2O5S. The molecule has 0 aliphatic carbocycles. The molecule has 0 fully saturated rings. The highest BCUT2D eigenvalue weighted by molar-refractivity contribution is 7.92. The lowest BCUT2D eigenvalue weighted by molar-refractivity contribution is -0.123. The summed E-state index contributed by atoms with van der Waals surface area (Å²) < 4.78 is 38.3. The number of anilines is 1. The number of methoxy groups -OCH3 is 1. The molecule has 0 saturated carbocycles. The standard InChI is InChI=1S/C20H26N2O5S/c1-5-15(3)21-20(23)13-27-19-11-10-18(12-14(19)2)28(24,25)22-16-6-8-17(26-4)9-7-16/h6-12,15,22H,5,13H2,1-4H3,(H,21,23)/t15-/m1/s1. The second-order valence-corrected chi connectivity index (χ2v) is 8.11. The molecule has 2 N–H and O–H groups in total. The van der Waals surface area contributed by atoms with Gasteiger partial charge in [0, 0.05) is 11.7 Å². The Labute approximate surface area is 166 Å². The van der Waals surface area contributed by atoms with Crippen LogP contribution in [0.1, 0.15) is 25.8 Å². The van der Waals surface area contributed by atoms with E-state index in [-0.39, 0.29) is 23.5 Å². The Hall–Kier alpha value is -2.74. The zero-order valence-electron chi connectivity index (χ0n) is 16.5. The number of aryl methyl sites for hydroxylation is 1. The summed E-state index contributed by atoms with van der Waals surface area (Å²) in [5, 5.41) is 2.81.